The van der Waals surface area contributed by atoms with Crippen molar-refractivity contribution in [2.24, 2.45) is 5.10 Å². The SMILES string of the molecule is CNC(=S)N1N=C(c2ccc(C)cc2)C[C@H]1c1cccc2nccnc12. The summed E-state index contributed by atoms with van der Waals surface area (Å²) in [5.41, 5.74) is 6.23. The number of hydrazone groups is 1. The first-order chi connectivity index (χ1) is 12.7. The Balaban J connectivity index is 1.78. The van der Waals surface area contributed by atoms with Gasteiger partial charge in [-0.3, -0.25) is 9.97 Å². The maximum Gasteiger partial charge on any atom is 0.189 e. The van der Waals surface area contributed by atoms with Gasteiger partial charge in [-0.05, 0) is 30.8 Å². The molecule has 2 heterocycles. The molecule has 0 unspecified atom stereocenters. The number of aromatic nitrogens is 2. The van der Waals surface area contributed by atoms with Gasteiger partial charge in [0.05, 0.1) is 22.8 Å². The third-order valence-corrected chi connectivity index (χ3v) is 5.00. The van der Waals surface area contributed by atoms with Crippen LogP contribution in [-0.4, -0.2) is 32.8 Å². The molecular weight excluding hydrogens is 342 g/mol. The molecule has 0 bridgehead atoms. The normalized spacial score (nSPS) is 16.6. The second-order valence-electron chi connectivity index (χ2n) is 6.30. The summed E-state index contributed by atoms with van der Waals surface area (Å²) in [5.74, 6) is 0. The lowest BCUT2D eigenvalue weighted by Crippen LogP contribution is -2.34. The molecule has 0 saturated heterocycles. The van der Waals surface area contributed by atoms with Crippen LogP contribution < -0.4 is 5.32 Å². The van der Waals surface area contributed by atoms with Crippen molar-refractivity contribution in [2.45, 2.75) is 19.4 Å². The third-order valence-electron chi connectivity index (χ3n) is 4.61. The van der Waals surface area contributed by atoms with Crippen molar-refractivity contribution in [3.8, 4) is 0 Å². The van der Waals surface area contributed by atoms with Gasteiger partial charge in [0.2, 0.25) is 0 Å². The van der Waals surface area contributed by atoms with E-state index >= 15 is 0 Å². The topological polar surface area (TPSA) is 53.4 Å². The summed E-state index contributed by atoms with van der Waals surface area (Å²) in [6.07, 6.45) is 4.20. The number of hydrogen-bond donors (Lipinski definition) is 1. The predicted molar refractivity (Wildman–Crippen MR) is 108 cm³/mol. The van der Waals surface area contributed by atoms with Gasteiger partial charge in [0.25, 0.3) is 0 Å². The molecule has 4 rings (SSSR count). The lowest BCUT2D eigenvalue weighted by atomic mass is 9.97. The Morgan fingerprint density at radius 3 is 2.65 bits per heavy atom. The van der Waals surface area contributed by atoms with E-state index in [4.69, 9.17) is 17.3 Å². The largest absolute Gasteiger partial charge is 0.364 e. The van der Waals surface area contributed by atoms with E-state index in [2.05, 4.69) is 52.5 Å². The minimum absolute atomic E-state index is 0.00773. The zero-order chi connectivity index (χ0) is 18.1. The van der Waals surface area contributed by atoms with Crippen LogP contribution in [0.15, 0.2) is 60.0 Å². The van der Waals surface area contributed by atoms with E-state index in [1.165, 1.54) is 5.56 Å². The van der Waals surface area contributed by atoms with Gasteiger partial charge in [-0.25, -0.2) is 5.01 Å². The molecule has 1 aliphatic heterocycles. The number of nitrogens with zero attached hydrogens (tertiary/aromatic N) is 4. The first-order valence-corrected chi connectivity index (χ1v) is 8.93. The molecule has 130 valence electrons. The van der Waals surface area contributed by atoms with E-state index in [0.717, 1.165) is 34.3 Å². The maximum absolute atomic E-state index is 5.51. The van der Waals surface area contributed by atoms with E-state index in [1.54, 1.807) is 12.4 Å². The second-order valence-corrected chi connectivity index (χ2v) is 6.69. The van der Waals surface area contributed by atoms with Crippen molar-refractivity contribution in [2.75, 3.05) is 7.05 Å². The van der Waals surface area contributed by atoms with Gasteiger partial charge in [0.1, 0.15) is 0 Å². The first-order valence-electron chi connectivity index (χ1n) is 8.52. The molecule has 0 spiro atoms. The Hall–Kier alpha value is -2.86. The van der Waals surface area contributed by atoms with Gasteiger partial charge < -0.3 is 5.32 Å². The van der Waals surface area contributed by atoms with E-state index in [9.17, 15) is 0 Å². The highest BCUT2D eigenvalue weighted by atomic mass is 32.1. The molecule has 6 heteroatoms. The molecule has 1 aromatic heterocycles. The van der Waals surface area contributed by atoms with Gasteiger partial charge in [-0.1, -0.05) is 42.0 Å². The van der Waals surface area contributed by atoms with Crippen LogP contribution in [-0.2, 0) is 0 Å². The monoisotopic (exact) mass is 361 g/mol. The molecule has 0 fully saturated rings. The summed E-state index contributed by atoms with van der Waals surface area (Å²) in [5, 5.41) is 10.3. The number of fused-ring (bicyclic) bond motifs is 1. The van der Waals surface area contributed by atoms with Gasteiger partial charge in [0, 0.05) is 31.4 Å². The Morgan fingerprint density at radius 2 is 1.88 bits per heavy atom. The lowest BCUT2D eigenvalue weighted by Gasteiger charge is -2.24. The summed E-state index contributed by atoms with van der Waals surface area (Å²) in [6, 6.07) is 14.5. The van der Waals surface area contributed by atoms with Crippen molar-refractivity contribution in [1.29, 1.82) is 0 Å². The van der Waals surface area contributed by atoms with Crippen molar-refractivity contribution >= 4 is 34.1 Å². The van der Waals surface area contributed by atoms with E-state index < -0.39 is 0 Å². The average molecular weight is 361 g/mol. The Labute approximate surface area is 157 Å². The molecule has 2 aromatic carbocycles. The highest BCUT2D eigenvalue weighted by molar-refractivity contribution is 7.80. The molecule has 0 aliphatic carbocycles. The van der Waals surface area contributed by atoms with E-state index in [1.807, 2.05) is 24.2 Å². The molecule has 26 heavy (non-hydrogen) atoms. The molecule has 1 aliphatic rings. The quantitative estimate of drug-likeness (QED) is 0.707. The smallest absolute Gasteiger partial charge is 0.189 e. The number of rotatable bonds is 2. The van der Waals surface area contributed by atoms with Crippen LogP contribution in [0, 0.1) is 6.92 Å². The molecular formula is C20H19N5S. The fourth-order valence-electron chi connectivity index (χ4n) is 3.26. The number of nitrogens with one attached hydrogen (secondary N) is 1. The fourth-order valence-corrected chi connectivity index (χ4v) is 3.43. The Kier molecular flexibility index (Phi) is 4.34. The Morgan fingerprint density at radius 1 is 1.12 bits per heavy atom. The predicted octanol–water partition coefficient (Wildman–Crippen LogP) is 3.59. The van der Waals surface area contributed by atoms with Crippen molar-refractivity contribution in [3.63, 3.8) is 0 Å². The minimum Gasteiger partial charge on any atom is -0.364 e. The van der Waals surface area contributed by atoms with Crippen LogP contribution in [0.4, 0.5) is 0 Å². The molecule has 1 atom stereocenters. The van der Waals surface area contributed by atoms with Crippen LogP contribution in [0.5, 0.6) is 0 Å². The first kappa shape index (κ1) is 16.6. The molecule has 0 amide bonds. The number of hydrogen-bond acceptors (Lipinski definition) is 4. The van der Waals surface area contributed by atoms with Gasteiger partial charge >= 0.3 is 0 Å². The maximum atomic E-state index is 5.51. The molecule has 5 nitrogen and oxygen atoms in total. The highest BCUT2D eigenvalue weighted by Gasteiger charge is 2.32. The van der Waals surface area contributed by atoms with Crippen LogP contribution >= 0.6 is 12.2 Å². The molecule has 3 aromatic rings. The number of aryl methyl sites for hydroxylation is 1. The molecule has 0 radical (unpaired) electrons. The minimum atomic E-state index is -0.00773. The number of benzene rings is 2. The van der Waals surface area contributed by atoms with E-state index in [0.29, 0.717) is 5.11 Å². The van der Waals surface area contributed by atoms with Crippen LogP contribution in [0.3, 0.4) is 0 Å². The van der Waals surface area contributed by atoms with Crippen molar-refractivity contribution in [3.05, 3.63) is 71.5 Å². The standard InChI is InChI=1S/C20H19N5S/c1-13-6-8-14(9-7-13)17-12-18(25(24-17)20(26)21-2)15-4-3-5-16-19(15)23-11-10-22-16/h3-11,18H,12H2,1-2H3,(H,21,26)/t18-/m0/s1. The highest BCUT2D eigenvalue weighted by Crippen LogP contribution is 2.35. The fraction of sp³-hybridized carbons (Fsp3) is 0.200. The molecule has 1 N–H and O–H groups in total. The van der Waals surface area contributed by atoms with Gasteiger partial charge in [-0.2, -0.15) is 5.10 Å². The van der Waals surface area contributed by atoms with Gasteiger partial charge in [-0.15, -0.1) is 0 Å². The molecule has 0 saturated carbocycles. The number of thiocarbonyl (C=S) groups is 1. The lowest BCUT2D eigenvalue weighted by molar-refractivity contribution is 0.368. The van der Waals surface area contributed by atoms with Crippen molar-refractivity contribution < 1.29 is 0 Å². The van der Waals surface area contributed by atoms with Gasteiger partial charge in [0.15, 0.2) is 5.11 Å². The summed E-state index contributed by atoms with van der Waals surface area (Å²) in [7, 11) is 1.82. The van der Waals surface area contributed by atoms with Crippen LogP contribution in [0.2, 0.25) is 0 Å². The van der Waals surface area contributed by atoms with E-state index in [-0.39, 0.29) is 6.04 Å². The number of para-hydroxylation sites is 1. The Bertz CT molecular complexity index is 991. The summed E-state index contributed by atoms with van der Waals surface area (Å²) >= 11 is 5.51. The van der Waals surface area contributed by atoms with Crippen molar-refractivity contribution in [1.82, 2.24) is 20.3 Å². The van der Waals surface area contributed by atoms with Crippen LogP contribution in [0.25, 0.3) is 11.0 Å². The summed E-state index contributed by atoms with van der Waals surface area (Å²) in [4.78, 5) is 8.97. The second kappa shape index (κ2) is 6.80. The average Bonchev–Trinajstić information content (AvgIpc) is 3.12. The summed E-state index contributed by atoms with van der Waals surface area (Å²) < 4.78 is 0. The third kappa shape index (κ3) is 2.93. The summed E-state index contributed by atoms with van der Waals surface area (Å²) in [6.45, 7) is 2.08. The zero-order valence-electron chi connectivity index (χ0n) is 14.7. The zero-order valence-corrected chi connectivity index (χ0v) is 15.5. The van der Waals surface area contributed by atoms with Crippen LogP contribution in [0.1, 0.15) is 29.2 Å².